The third-order valence-corrected chi connectivity index (χ3v) is 5.56. The number of halogens is 1. The maximum Gasteiger partial charge on any atom is 0.143 e. The van der Waals surface area contributed by atoms with Gasteiger partial charge in [-0.1, -0.05) is 27.7 Å². The average Bonchev–Trinajstić information content (AvgIpc) is 2.95. The first kappa shape index (κ1) is 16.7. The number of rotatable bonds is 4. The topological polar surface area (TPSA) is 30.7 Å². The number of aromatic nitrogens is 3. The summed E-state index contributed by atoms with van der Waals surface area (Å²) in [6.07, 6.45) is 1.08. The Kier molecular flexibility index (Phi) is 4.64. The van der Waals surface area contributed by atoms with E-state index in [-0.39, 0.29) is 10.8 Å². The standard InChI is InChI=1S/C16H24BrN3S/c1-7-10-20-13(15(2,3)4)18-19-14(20)16(5,6)11-8-9-12(17)21-11/h8-9H,7,10H2,1-6H3. The van der Waals surface area contributed by atoms with Crippen LogP contribution in [0.1, 0.15) is 64.5 Å². The van der Waals surface area contributed by atoms with Crippen LogP contribution in [0.2, 0.25) is 0 Å². The van der Waals surface area contributed by atoms with Gasteiger partial charge in [-0.25, -0.2) is 0 Å². The summed E-state index contributed by atoms with van der Waals surface area (Å²) in [5.41, 5.74) is -0.130. The first-order valence-electron chi connectivity index (χ1n) is 7.38. The van der Waals surface area contributed by atoms with Crippen LogP contribution in [0.5, 0.6) is 0 Å². The third kappa shape index (κ3) is 3.24. The lowest BCUT2D eigenvalue weighted by molar-refractivity contribution is 0.467. The lowest BCUT2D eigenvalue weighted by atomic mass is 9.89. The molecule has 0 aliphatic heterocycles. The van der Waals surface area contributed by atoms with Crippen LogP contribution in [-0.4, -0.2) is 14.8 Å². The largest absolute Gasteiger partial charge is 0.314 e. The highest BCUT2D eigenvalue weighted by Gasteiger charge is 2.34. The minimum atomic E-state index is -0.137. The molecule has 0 fully saturated rings. The van der Waals surface area contributed by atoms with Gasteiger partial charge < -0.3 is 4.57 Å². The molecule has 0 bridgehead atoms. The summed E-state index contributed by atoms with van der Waals surface area (Å²) in [6.45, 7) is 14.2. The van der Waals surface area contributed by atoms with E-state index in [4.69, 9.17) is 0 Å². The van der Waals surface area contributed by atoms with Crippen LogP contribution in [0.3, 0.4) is 0 Å². The zero-order chi connectivity index (χ0) is 15.8. The minimum Gasteiger partial charge on any atom is -0.314 e. The minimum absolute atomic E-state index is 0.00648. The lowest BCUT2D eigenvalue weighted by Crippen LogP contribution is -2.26. The van der Waals surface area contributed by atoms with E-state index in [2.05, 4.69) is 84.4 Å². The molecule has 0 aliphatic carbocycles. The SMILES string of the molecule is CCCn1c(C(C)(C)C)nnc1C(C)(C)c1ccc(Br)s1. The molecule has 0 unspecified atom stereocenters. The Morgan fingerprint density at radius 1 is 1.10 bits per heavy atom. The van der Waals surface area contributed by atoms with Crippen molar-refractivity contribution in [3.8, 4) is 0 Å². The quantitative estimate of drug-likeness (QED) is 0.747. The molecule has 2 aromatic heterocycles. The summed E-state index contributed by atoms with van der Waals surface area (Å²) in [7, 11) is 0. The number of thiophene rings is 1. The van der Waals surface area contributed by atoms with Crippen molar-refractivity contribution in [3.05, 3.63) is 32.4 Å². The monoisotopic (exact) mass is 369 g/mol. The van der Waals surface area contributed by atoms with Crippen molar-refractivity contribution in [2.75, 3.05) is 0 Å². The van der Waals surface area contributed by atoms with Crippen LogP contribution in [-0.2, 0) is 17.4 Å². The van der Waals surface area contributed by atoms with Crippen LogP contribution >= 0.6 is 27.3 Å². The third-order valence-electron chi connectivity index (χ3n) is 3.62. The van der Waals surface area contributed by atoms with Gasteiger partial charge in [0.25, 0.3) is 0 Å². The molecule has 0 N–H and O–H groups in total. The van der Waals surface area contributed by atoms with Crippen molar-refractivity contribution in [1.82, 2.24) is 14.8 Å². The van der Waals surface area contributed by atoms with Crippen molar-refractivity contribution >= 4 is 27.3 Å². The Morgan fingerprint density at radius 2 is 1.71 bits per heavy atom. The van der Waals surface area contributed by atoms with E-state index in [1.54, 1.807) is 11.3 Å². The predicted molar refractivity (Wildman–Crippen MR) is 93.2 cm³/mol. The van der Waals surface area contributed by atoms with Crippen LogP contribution in [0.4, 0.5) is 0 Å². The number of nitrogens with zero attached hydrogens (tertiary/aromatic N) is 3. The Balaban J connectivity index is 2.55. The van der Waals surface area contributed by atoms with Gasteiger partial charge in [0, 0.05) is 16.8 Å². The molecule has 21 heavy (non-hydrogen) atoms. The fourth-order valence-corrected chi connectivity index (χ4v) is 4.00. The molecule has 2 heterocycles. The van der Waals surface area contributed by atoms with E-state index < -0.39 is 0 Å². The molecular weight excluding hydrogens is 346 g/mol. The van der Waals surface area contributed by atoms with Crippen LogP contribution in [0.25, 0.3) is 0 Å². The highest BCUT2D eigenvalue weighted by atomic mass is 79.9. The van der Waals surface area contributed by atoms with E-state index in [9.17, 15) is 0 Å². The zero-order valence-electron chi connectivity index (χ0n) is 13.7. The Morgan fingerprint density at radius 3 is 2.19 bits per heavy atom. The lowest BCUT2D eigenvalue weighted by Gasteiger charge is -2.26. The molecule has 2 rings (SSSR count). The van der Waals surface area contributed by atoms with Crippen LogP contribution < -0.4 is 0 Å². The van der Waals surface area contributed by atoms with Gasteiger partial charge in [-0.15, -0.1) is 21.5 Å². The van der Waals surface area contributed by atoms with Crippen molar-refractivity contribution in [2.45, 2.75) is 65.3 Å². The molecule has 0 saturated carbocycles. The molecule has 0 radical (unpaired) electrons. The maximum atomic E-state index is 4.56. The molecule has 0 atom stereocenters. The molecule has 0 aliphatic rings. The summed E-state index contributed by atoms with van der Waals surface area (Å²) in [4.78, 5) is 1.31. The van der Waals surface area contributed by atoms with Gasteiger partial charge in [-0.3, -0.25) is 0 Å². The Labute approximate surface area is 139 Å². The molecule has 2 aromatic rings. The molecule has 3 nitrogen and oxygen atoms in total. The summed E-state index contributed by atoms with van der Waals surface area (Å²) in [5, 5.41) is 9.07. The van der Waals surface area contributed by atoms with Gasteiger partial charge in [0.15, 0.2) is 0 Å². The number of hydrogen-bond donors (Lipinski definition) is 0. The number of hydrogen-bond acceptors (Lipinski definition) is 3. The smallest absolute Gasteiger partial charge is 0.143 e. The van der Waals surface area contributed by atoms with Crippen molar-refractivity contribution in [3.63, 3.8) is 0 Å². The predicted octanol–water partition coefficient (Wildman–Crippen LogP) is 5.14. The second-order valence-corrected chi connectivity index (χ2v) is 9.44. The van der Waals surface area contributed by atoms with Gasteiger partial charge in [0.1, 0.15) is 11.6 Å². The van der Waals surface area contributed by atoms with Crippen LogP contribution in [0, 0.1) is 0 Å². The summed E-state index contributed by atoms with van der Waals surface area (Å²) in [6, 6.07) is 4.28. The highest BCUT2D eigenvalue weighted by Crippen LogP contribution is 2.38. The molecule has 0 saturated heterocycles. The molecule has 0 spiro atoms. The van der Waals surface area contributed by atoms with Gasteiger partial charge >= 0.3 is 0 Å². The maximum absolute atomic E-state index is 4.56. The highest BCUT2D eigenvalue weighted by molar-refractivity contribution is 9.11. The summed E-state index contributed by atoms with van der Waals surface area (Å²) >= 11 is 5.33. The Hall–Kier alpha value is -0.680. The molecule has 5 heteroatoms. The van der Waals surface area contributed by atoms with E-state index in [1.807, 2.05) is 0 Å². The summed E-state index contributed by atoms with van der Waals surface area (Å²) in [5.74, 6) is 2.13. The van der Waals surface area contributed by atoms with E-state index in [0.717, 1.165) is 28.4 Å². The van der Waals surface area contributed by atoms with Crippen molar-refractivity contribution < 1.29 is 0 Å². The van der Waals surface area contributed by atoms with Gasteiger partial charge in [0.2, 0.25) is 0 Å². The van der Waals surface area contributed by atoms with E-state index >= 15 is 0 Å². The second kappa shape index (κ2) is 5.84. The normalized spacial score (nSPS) is 12.9. The molecule has 0 amide bonds. The first-order valence-corrected chi connectivity index (χ1v) is 8.99. The van der Waals surface area contributed by atoms with Gasteiger partial charge in [-0.2, -0.15) is 0 Å². The first-order chi connectivity index (χ1) is 9.67. The van der Waals surface area contributed by atoms with Gasteiger partial charge in [-0.05, 0) is 48.3 Å². The fraction of sp³-hybridized carbons (Fsp3) is 0.625. The zero-order valence-corrected chi connectivity index (χ0v) is 16.1. The van der Waals surface area contributed by atoms with E-state index in [0.29, 0.717) is 0 Å². The molecule has 116 valence electrons. The second-order valence-electron chi connectivity index (χ2n) is 6.98. The van der Waals surface area contributed by atoms with Crippen molar-refractivity contribution in [1.29, 1.82) is 0 Å². The fourth-order valence-electron chi connectivity index (χ4n) is 2.52. The Bertz CT molecular complexity index is 620. The molecular formula is C16H24BrN3S. The van der Waals surface area contributed by atoms with Crippen molar-refractivity contribution in [2.24, 2.45) is 0 Å². The van der Waals surface area contributed by atoms with Crippen LogP contribution in [0.15, 0.2) is 15.9 Å². The summed E-state index contributed by atoms with van der Waals surface area (Å²) < 4.78 is 3.47. The molecule has 0 aromatic carbocycles. The van der Waals surface area contributed by atoms with Gasteiger partial charge in [0.05, 0.1) is 9.20 Å². The van der Waals surface area contributed by atoms with E-state index in [1.165, 1.54) is 4.88 Å². The average molecular weight is 370 g/mol.